The first-order valence-electron chi connectivity index (χ1n) is 19.7. The Morgan fingerprint density at radius 3 is 1.84 bits per heavy atom. The molecule has 0 saturated heterocycles. The number of rotatable bonds is 5. The normalized spacial score (nSPS) is 15.8. The topological polar surface area (TPSA) is 72.1 Å². The van der Waals surface area contributed by atoms with E-state index in [1.807, 2.05) is 12.3 Å². The lowest BCUT2D eigenvalue weighted by Gasteiger charge is -2.31. The maximum Gasteiger partial charge on any atom is 0.234 e. The first-order valence-corrected chi connectivity index (χ1v) is 19.7. The molecule has 1 aliphatic rings. The minimum atomic E-state index is -0.363. The van der Waals surface area contributed by atoms with Crippen LogP contribution in [0.2, 0.25) is 0 Å². The third-order valence-corrected chi connectivity index (χ3v) is 11.6. The van der Waals surface area contributed by atoms with Gasteiger partial charge >= 0.3 is 0 Å². The van der Waals surface area contributed by atoms with E-state index in [0.717, 1.165) is 61.1 Å². The molecule has 12 rings (SSSR count). The molecule has 4 heterocycles. The summed E-state index contributed by atoms with van der Waals surface area (Å²) >= 11 is 0. The summed E-state index contributed by atoms with van der Waals surface area (Å²) < 4.78 is 4.57. The molecule has 274 valence electrons. The third kappa shape index (κ3) is 5.21. The van der Waals surface area contributed by atoms with Gasteiger partial charge in [0.05, 0.1) is 27.8 Å². The summed E-state index contributed by atoms with van der Waals surface area (Å²) in [5, 5.41) is 17.0. The number of nitrogens with one attached hydrogen (secondary N) is 2. The first-order chi connectivity index (χ1) is 28.7. The molecule has 2 unspecified atom stereocenters. The van der Waals surface area contributed by atoms with Crippen molar-refractivity contribution in [3.8, 4) is 11.6 Å². The lowest BCUT2D eigenvalue weighted by Crippen LogP contribution is -2.45. The van der Waals surface area contributed by atoms with Crippen LogP contribution in [0.25, 0.3) is 76.8 Å². The highest BCUT2D eigenvalue weighted by atomic mass is 15.3. The van der Waals surface area contributed by atoms with Crippen molar-refractivity contribution < 1.29 is 0 Å². The van der Waals surface area contributed by atoms with Gasteiger partial charge in [-0.05, 0) is 81.7 Å². The van der Waals surface area contributed by atoms with Crippen molar-refractivity contribution in [2.45, 2.75) is 12.3 Å². The summed E-state index contributed by atoms with van der Waals surface area (Å²) in [7, 11) is 0. The van der Waals surface area contributed by atoms with Gasteiger partial charge in [-0.25, -0.2) is 15.0 Å². The number of hydrogen-bond donors (Lipinski definition) is 2. The van der Waals surface area contributed by atoms with Gasteiger partial charge < -0.3 is 9.88 Å². The number of aliphatic imine (C=N–C) groups is 1. The van der Waals surface area contributed by atoms with Crippen LogP contribution >= 0.6 is 0 Å². The molecule has 0 bridgehead atoms. The summed E-state index contributed by atoms with van der Waals surface area (Å²) in [6.07, 6.45) is 1.18. The molecule has 3 aromatic heterocycles. The molecule has 2 N–H and O–H groups in total. The van der Waals surface area contributed by atoms with Gasteiger partial charge in [-0.3, -0.25) is 9.88 Å². The van der Waals surface area contributed by atoms with E-state index in [1.165, 1.54) is 32.4 Å². The maximum atomic E-state index is 5.36. The zero-order chi connectivity index (χ0) is 38.2. The molecule has 7 nitrogen and oxygen atoms in total. The van der Waals surface area contributed by atoms with E-state index < -0.39 is 0 Å². The maximum absolute atomic E-state index is 5.36. The average molecular weight is 746 g/mol. The Labute approximate surface area is 333 Å². The second-order valence-electron chi connectivity index (χ2n) is 15.0. The molecule has 11 aromatic rings. The molecule has 0 fully saturated rings. The molecule has 1 aliphatic heterocycles. The highest BCUT2D eigenvalue weighted by molar-refractivity contribution is 6.19. The van der Waals surface area contributed by atoms with E-state index in [4.69, 9.17) is 15.0 Å². The van der Waals surface area contributed by atoms with Crippen molar-refractivity contribution in [2.75, 3.05) is 0 Å². The molecule has 0 saturated carbocycles. The second kappa shape index (κ2) is 13.0. The Kier molecular flexibility index (Phi) is 7.30. The average Bonchev–Trinajstić information content (AvgIpc) is 3.80. The van der Waals surface area contributed by atoms with Crippen LogP contribution in [-0.2, 0) is 0 Å². The zero-order valence-electron chi connectivity index (χ0n) is 31.3. The van der Waals surface area contributed by atoms with E-state index in [2.05, 4.69) is 196 Å². The standard InChI is InChI=1S/C51H35N7/c1-2-16-38(17-3-1)57-44-20-10-8-18-39(44)41-30-42-40-19-9-11-21-45(40)58(47(42)31-46(41)57)51-52-27-26-43(53-51)50-55-48(36-24-22-32-12-4-6-14-34(32)28-36)54-49(56-50)37-25-23-33-13-5-7-15-35(33)29-37/h1-31,48,50,55H,(H,54,56). The smallest absolute Gasteiger partial charge is 0.234 e. The summed E-state index contributed by atoms with van der Waals surface area (Å²) in [5.74, 6) is 1.41. The van der Waals surface area contributed by atoms with Crippen molar-refractivity contribution in [3.05, 3.63) is 205 Å². The Bertz CT molecular complexity index is 3430. The predicted molar refractivity (Wildman–Crippen MR) is 237 cm³/mol. The minimum absolute atomic E-state index is 0.322. The molecule has 0 amide bonds. The van der Waals surface area contributed by atoms with Crippen LogP contribution in [0.5, 0.6) is 0 Å². The van der Waals surface area contributed by atoms with Crippen molar-refractivity contribution in [1.29, 1.82) is 0 Å². The summed E-state index contributed by atoms with van der Waals surface area (Å²) in [6.45, 7) is 0. The third-order valence-electron chi connectivity index (χ3n) is 11.6. The van der Waals surface area contributed by atoms with Crippen molar-refractivity contribution in [1.82, 2.24) is 29.7 Å². The van der Waals surface area contributed by atoms with Crippen LogP contribution in [0, 0.1) is 0 Å². The van der Waals surface area contributed by atoms with E-state index in [1.54, 1.807) is 0 Å². The highest BCUT2D eigenvalue weighted by Gasteiger charge is 2.28. The van der Waals surface area contributed by atoms with Crippen molar-refractivity contribution in [3.63, 3.8) is 0 Å². The number of nitrogens with zero attached hydrogens (tertiary/aromatic N) is 5. The molecule has 58 heavy (non-hydrogen) atoms. The molecular formula is C51H35N7. The first kappa shape index (κ1) is 32.6. The van der Waals surface area contributed by atoms with E-state index >= 15 is 0 Å². The van der Waals surface area contributed by atoms with Crippen LogP contribution in [0.3, 0.4) is 0 Å². The van der Waals surface area contributed by atoms with Crippen LogP contribution in [-0.4, -0.2) is 24.9 Å². The van der Waals surface area contributed by atoms with Crippen molar-refractivity contribution >= 4 is 71.0 Å². The van der Waals surface area contributed by atoms with Gasteiger partial charge in [0.1, 0.15) is 18.2 Å². The number of fused-ring (bicyclic) bond motifs is 8. The zero-order valence-corrected chi connectivity index (χ0v) is 31.3. The molecule has 0 radical (unpaired) electrons. The monoisotopic (exact) mass is 745 g/mol. The summed E-state index contributed by atoms with van der Waals surface area (Å²) in [4.78, 5) is 15.6. The lowest BCUT2D eigenvalue weighted by atomic mass is 10.0. The molecule has 0 spiro atoms. The van der Waals surface area contributed by atoms with Crippen LogP contribution in [0.4, 0.5) is 0 Å². The van der Waals surface area contributed by atoms with Gasteiger partial charge in [0.25, 0.3) is 0 Å². The van der Waals surface area contributed by atoms with Gasteiger partial charge in [0.15, 0.2) is 0 Å². The Morgan fingerprint density at radius 2 is 1.09 bits per heavy atom. The molecule has 7 heteroatoms. The van der Waals surface area contributed by atoms with Crippen LogP contribution < -0.4 is 10.6 Å². The minimum Gasteiger partial charge on any atom is -0.349 e. The predicted octanol–water partition coefficient (Wildman–Crippen LogP) is 11.3. The fourth-order valence-corrected chi connectivity index (χ4v) is 8.87. The Hall–Kier alpha value is -7.61. The fraction of sp³-hybridized carbons (Fsp3) is 0.0392. The van der Waals surface area contributed by atoms with Gasteiger partial charge in [-0.2, -0.15) is 0 Å². The lowest BCUT2D eigenvalue weighted by molar-refractivity contribution is 0.401. The van der Waals surface area contributed by atoms with Gasteiger partial charge in [0, 0.05) is 39.0 Å². The number of amidine groups is 1. The van der Waals surface area contributed by atoms with Crippen LogP contribution in [0.1, 0.15) is 29.2 Å². The molecule has 2 atom stereocenters. The quantitative estimate of drug-likeness (QED) is 0.184. The SMILES string of the molecule is c1ccc(-n2c3ccccc3c3cc4c5ccccc5n(-c5nccc(C6NC(c7ccc8ccccc8c7)=NC(c7ccc8ccccc8c7)N6)n5)c4cc32)cc1. The fourth-order valence-electron chi connectivity index (χ4n) is 8.87. The Balaban J connectivity index is 1.02. The number of hydrogen-bond acceptors (Lipinski definition) is 5. The van der Waals surface area contributed by atoms with E-state index in [9.17, 15) is 0 Å². The second-order valence-corrected chi connectivity index (χ2v) is 15.0. The molecule has 8 aromatic carbocycles. The van der Waals surface area contributed by atoms with Crippen LogP contribution in [0.15, 0.2) is 193 Å². The number of aromatic nitrogens is 4. The van der Waals surface area contributed by atoms with E-state index in [0.29, 0.717) is 5.95 Å². The van der Waals surface area contributed by atoms with Crippen molar-refractivity contribution in [2.24, 2.45) is 4.99 Å². The van der Waals surface area contributed by atoms with E-state index in [-0.39, 0.29) is 12.3 Å². The van der Waals surface area contributed by atoms with Gasteiger partial charge in [0.2, 0.25) is 5.95 Å². The number of benzene rings is 8. The highest BCUT2D eigenvalue weighted by Crippen LogP contribution is 2.39. The largest absolute Gasteiger partial charge is 0.349 e. The number of para-hydroxylation sites is 3. The summed E-state index contributed by atoms with van der Waals surface area (Å²) in [5.41, 5.74) is 8.43. The summed E-state index contributed by atoms with van der Waals surface area (Å²) in [6, 6.07) is 64.5. The molecular weight excluding hydrogens is 711 g/mol. The Morgan fingerprint density at radius 1 is 0.466 bits per heavy atom. The van der Waals surface area contributed by atoms with Gasteiger partial charge in [-0.15, -0.1) is 0 Å². The van der Waals surface area contributed by atoms with Gasteiger partial charge in [-0.1, -0.05) is 127 Å². The molecule has 0 aliphatic carbocycles.